The van der Waals surface area contributed by atoms with Gasteiger partial charge in [-0.25, -0.2) is 4.79 Å². The first kappa shape index (κ1) is 34.9. The first-order valence-electron chi connectivity index (χ1n) is 18.7. The summed E-state index contributed by atoms with van der Waals surface area (Å²) in [6.07, 6.45) is 9.89. The number of nitrogens with one attached hydrogen (secondary N) is 1. The Kier molecular flexibility index (Phi) is 10.2. The molecular formula is C41H56N4O2S2. The topological polar surface area (TPSA) is 48.1 Å². The number of benzene rings is 2. The van der Waals surface area contributed by atoms with Crippen molar-refractivity contribution in [1.82, 2.24) is 20.0 Å². The number of nitrogens with zero attached hydrogens (tertiary/aromatic N) is 3. The number of carbonyl (C=O) groups is 1. The molecule has 0 bridgehead atoms. The second kappa shape index (κ2) is 14.3. The molecule has 4 fully saturated rings. The van der Waals surface area contributed by atoms with E-state index in [0.717, 1.165) is 39.0 Å². The van der Waals surface area contributed by atoms with Gasteiger partial charge in [0.05, 0.1) is 0 Å². The van der Waals surface area contributed by atoms with Gasteiger partial charge in [-0.2, -0.15) is 0 Å². The van der Waals surface area contributed by atoms with Gasteiger partial charge < -0.3 is 15.0 Å². The molecular weight excluding hydrogens is 645 g/mol. The molecule has 0 saturated carbocycles. The van der Waals surface area contributed by atoms with Gasteiger partial charge in [0.25, 0.3) is 0 Å². The molecule has 4 aliphatic rings. The highest BCUT2D eigenvalue weighted by Crippen LogP contribution is 2.41. The van der Waals surface area contributed by atoms with Crippen LogP contribution in [-0.2, 0) is 17.8 Å². The van der Waals surface area contributed by atoms with Crippen LogP contribution < -0.4 is 5.32 Å². The predicted octanol–water partition coefficient (Wildman–Crippen LogP) is 9.50. The van der Waals surface area contributed by atoms with Gasteiger partial charge in [-0.3, -0.25) is 9.80 Å². The molecule has 1 amide bonds. The summed E-state index contributed by atoms with van der Waals surface area (Å²) in [6, 6.07) is 18.3. The maximum atomic E-state index is 12.4. The molecule has 8 rings (SSSR count). The Hall–Kier alpha value is -2.49. The number of ether oxygens (including phenoxy) is 1. The standard InChI is InChI=1S/C23H32N2O2S.C18H24N2S/c1-17-6-7-18-15-19(28-20(18)14-17)16-25-11-5-8-23(25)9-12-24(13-10-23)21(26)27-22(2,3)4;1-14-3-4-15-12-16(21-17(15)11-14)13-20-10-2-5-18(20)6-8-19-9-7-18/h6-7,14-15H,5,8-13,16H2,1-4H3;3-4,11-12,19H,2,5-10,13H2,1H3. The number of rotatable bonds is 4. The van der Waals surface area contributed by atoms with E-state index in [1.54, 1.807) is 0 Å². The molecule has 1 N–H and O–H groups in total. The minimum absolute atomic E-state index is 0.160. The average Bonchev–Trinajstić information content (AvgIpc) is 3.84. The van der Waals surface area contributed by atoms with Crippen molar-refractivity contribution in [2.24, 2.45) is 0 Å². The van der Waals surface area contributed by atoms with Gasteiger partial charge in [0.15, 0.2) is 0 Å². The molecule has 6 nitrogen and oxygen atoms in total. The first-order chi connectivity index (χ1) is 23.5. The van der Waals surface area contributed by atoms with Crippen molar-refractivity contribution in [1.29, 1.82) is 0 Å². The third kappa shape index (κ3) is 7.89. The van der Waals surface area contributed by atoms with E-state index < -0.39 is 5.60 Å². The van der Waals surface area contributed by atoms with Gasteiger partial charge in [0, 0.05) is 56.4 Å². The van der Waals surface area contributed by atoms with Crippen LogP contribution in [0.3, 0.4) is 0 Å². The molecule has 2 aromatic carbocycles. The third-order valence-electron chi connectivity index (χ3n) is 11.5. The van der Waals surface area contributed by atoms with Crippen molar-refractivity contribution < 1.29 is 9.53 Å². The maximum absolute atomic E-state index is 12.4. The van der Waals surface area contributed by atoms with Crippen LogP contribution in [0.1, 0.15) is 93.0 Å². The summed E-state index contributed by atoms with van der Waals surface area (Å²) >= 11 is 3.92. The number of piperidine rings is 2. The molecule has 4 aliphatic heterocycles. The molecule has 4 saturated heterocycles. The zero-order valence-electron chi connectivity index (χ0n) is 30.4. The Morgan fingerprint density at radius 3 is 1.69 bits per heavy atom. The van der Waals surface area contributed by atoms with Gasteiger partial charge in [-0.1, -0.05) is 24.3 Å². The lowest BCUT2D eigenvalue weighted by atomic mass is 9.85. The summed E-state index contributed by atoms with van der Waals surface area (Å²) in [5, 5.41) is 6.30. The number of amides is 1. The summed E-state index contributed by atoms with van der Waals surface area (Å²) in [7, 11) is 0. The Bertz CT molecular complexity index is 1760. The minimum atomic E-state index is -0.425. The van der Waals surface area contributed by atoms with Gasteiger partial charge in [-0.15, -0.1) is 22.7 Å². The van der Waals surface area contributed by atoms with Crippen molar-refractivity contribution in [3.63, 3.8) is 0 Å². The smallest absolute Gasteiger partial charge is 0.410 e. The number of hydrogen-bond donors (Lipinski definition) is 1. The van der Waals surface area contributed by atoms with E-state index in [-0.39, 0.29) is 11.6 Å². The highest BCUT2D eigenvalue weighted by atomic mass is 32.1. The van der Waals surface area contributed by atoms with Crippen molar-refractivity contribution in [2.45, 2.75) is 116 Å². The van der Waals surface area contributed by atoms with Crippen molar-refractivity contribution in [3.05, 3.63) is 69.4 Å². The quantitative estimate of drug-likeness (QED) is 0.230. The van der Waals surface area contributed by atoms with Crippen molar-refractivity contribution >= 4 is 48.9 Å². The monoisotopic (exact) mass is 700 g/mol. The lowest BCUT2D eigenvalue weighted by Gasteiger charge is -2.45. The molecule has 0 unspecified atom stereocenters. The van der Waals surface area contributed by atoms with Crippen LogP contribution in [0.2, 0.25) is 0 Å². The predicted molar refractivity (Wildman–Crippen MR) is 207 cm³/mol. The number of carbonyl (C=O) groups excluding carboxylic acids is 1. The van der Waals surface area contributed by atoms with Crippen LogP contribution in [0.5, 0.6) is 0 Å². The Morgan fingerprint density at radius 2 is 1.20 bits per heavy atom. The SMILES string of the molecule is Cc1ccc2cc(CN3CCCC34CCN(C(=O)OC(C)(C)C)CC4)sc2c1.Cc1ccc2cc(CN3CCCC34CCNCC4)sc2c1. The van der Waals surface area contributed by atoms with E-state index in [0.29, 0.717) is 5.54 Å². The number of hydrogen-bond acceptors (Lipinski definition) is 7. The zero-order chi connectivity index (χ0) is 34.2. The maximum Gasteiger partial charge on any atom is 0.410 e. The summed E-state index contributed by atoms with van der Waals surface area (Å²) in [5.41, 5.74) is 3.02. The van der Waals surface area contributed by atoms with Crippen LogP contribution in [-0.4, -0.2) is 76.7 Å². The molecule has 264 valence electrons. The Labute approximate surface area is 301 Å². The molecule has 6 heterocycles. The van der Waals surface area contributed by atoms with E-state index in [4.69, 9.17) is 4.74 Å². The number of fused-ring (bicyclic) bond motifs is 2. The van der Waals surface area contributed by atoms with Crippen LogP contribution in [0, 0.1) is 13.8 Å². The average molecular weight is 701 g/mol. The van der Waals surface area contributed by atoms with Gasteiger partial charge >= 0.3 is 6.09 Å². The second-order valence-corrected chi connectivity index (χ2v) is 18.6. The first-order valence-corrected chi connectivity index (χ1v) is 20.3. The van der Waals surface area contributed by atoms with Gasteiger partial charge in [0.1, 0.15) is 5.60 Å². The summed E-state index contributed by atoms with van der Waals surface area (Å²) in [5.74, 6) is 0. The molecule has 49 heavy (non-hydrogen) atoms. The van der Waals surface area contributed by atoms with Crippen molar-refractivity contribution in [2.75, 3.05) is 39.3 Å². The molecule has 8 heteroatoms. The molecule has 2 spiro atoms. The number of thiophene rings is 2. The van der Waals surface area contributed by atoms with E-state index in [1.165, 1.54) is 106 Å². The van der Waals surface area contributed by atoms with E-state index in [2.05, 4.69) is 77.5 Å². The fourth-order valence-electron chi connectivity index (χ4n) is 8.86. The normalized spacial score (nSPS) is 21.1. The van der Waals surface area contributed by atoms with Crippen LogP contribution in [0.25, 0.3) is 20.2 Å². The summed E-state index contributed by atoms with van der Waals surface area (Å²) in [6.45, 7) is 18.8. The van der Waals surface area contributed by atoms with Crippen LogP contribution in [0.15, 0.2) is 48.5 Å². The molecule has 0 radical (unpaired) electrons. The molecule has 0 aliphatic carbocycles. The molecule has 2 aromatic heterocycles. The van der Waals surface area contributed by atoms with Gasteiger partial charge in [-0.05, 0) is 158 Å². The van der Waals surface area contributed by atoms with E-state index in [9.17, 15) is 4.79 Å². The number of aryl methyl sites for hydroxylation is 2. The minimum Gasteiger partial charge on any atom is -0.444 e. The Morgan fingerprint density at radius 1 is 0.714 bits per heavy atom. The third-order valence-corrected chi connectivity index (χ3v) is 13.7. The number of likely N-dealkylation sites (tertiary alicyclic amines) is 3. The fraction of sp³-hybridized carbons (Fsp3) is 0.585. The molecule has 4 aromatic rings. The fourth-order valence-corrected chi connectivity index (χ4v) is 11.2. The lowest BCUT2D eigenvalue weighted by Crippen LogP contribution is -2.53. The van der Waals surface area contributed by atoms with Crippen molar-refractivity contribution in [3.8, 4) is 0 Å². The summed E-state index contributed by atoms with van der Waals surface area (Å²) in [4.78, 5) is 22.8. The zero-order valence-corrected chi connectivity index (χ0v) is 32.0. The molecule has 0 atom stereocenters. The van der Waals surface area contributed by atoms with E-state index in [1.807, 2.05) is 48.3 Å². The summed E-state index contributed by atoms with van der Waals surface area (Å²) < 4.78 is 8.41. The largest absolute Gasteiger partial charge is 0.444 e. The van der Waals surface area contributed by atoms with Gasteiger partial charge in [0.2, 0.25) is 0 Å². The Balaban J connectivity index is 0.000000160. The van der Waals surface area contributed by atoms with E-state index >= 15 is 0 Å². The van der Waals surface area contributed by atoms with Crippen LogP contribution >= 0.6 is 22.7 Å². The highest BCUT2D eigenvalue weighted by molar-refractivity contribution is 7.19. The lowest BCUT2D eigenvalue weighted by molar-refractivity contribution is 0.00181. The van der Waals surface area contributed by atoms with Crippen LogP contribution in [0.4, 0.5) is 4.79 Å². The second-order valence-electron chi connectivity index (χ2n) is 16.2. The highest BCUT2D eigenvalue weighted by Gasteiger charge is 2.44.